The fraction of sp³-hybridized carbons (Fsp3) is 0.250. The SMILES string of the molecule is Nc1cc(Br)cc2c1NCCO2. The van der Waals surface area contributed by atoms with Gasteiger partial charge in [-0.1, -0.05) is 15.9 Å². The van der Waals surface area contributed by atoms with Gasteiger partial charge in [-0.15, -0.1) is 0 Å². The highest BCUT2D eigenvalue weighted by atomic mass is 79.9. The highest BCUT2D eigenvalue weighted by Crippen LogP contribution is 2.35. The van der Waals surface area contributed by atoms with Gasteiger partial charge < -0.3 is 15.8 Å². The molecule has 0 atom stereocenters. The van der Waals surface area contributed by atoms with E-state index in [0.29, 0.717) is 6.61 Å². The molecule has 3 N–H and O–H groups in total. The molecular weight excluding hydrogens is 220 g/mol. The lowest BCUT2D eigenvalue weighted by Gasteiger charge is -2.20. The monoisotopic (exact) mass is 228 g/mol. The third kappa shape index (κ3) is 1.22. The number of nitrogen functional groups attached to an aromatic ring is 1. The van der Waals surface area contributed by atoms with Crippen molar-refractivity contribution in [2.75, 3.05) is 24.2 Å². The van der Waals surface area contributed by atoms with Crippen molar-refractivity contribution < 1.29 is 4.74 Å². The van der Waals surface area contributed by atoms with Gasteiger partial charge in [0.25, 0.3) is 0 Å². The first-order chi connectivity index (χ1) is 5.77. The van der Waals surface area contributed by atoms with E-state index < -0.39 is 0 Å². The molecule has 1 heterocycles. The quantitative estimate of drug-likeness (QED) is 0.667. The Morgan fingerprint density at radius 1 is 1.50 bits per heavy atom. The van der Waals surface area contributed by atoms with Crippen LogP contribution < -0.4 is 15.8 Å². The first kappa shape index (κ1) is 7.73. The van der Waals surface area contributed by atoms with Crippen LogP contribution in [0.25, 0.3) is 0 Å². The summed E-state index contributed by atoms with van der Waals surface area (Å²) in [7, 11) is 0. The standard InChI is InChI=1S/C8H9BrN2O/c9-5-3-6(10)8-7(4-5)12-2-1-11-8/h3-4,11H,1-2,10H2. The second-order valence-electron chi connectivity index (χ2n) is 2.64. The summed E-state index contributed by atoms with van der Waals surface area (Å²) in [5.41, 5.74) is 7.40. The molecule has 1 aromatic rings. The molecule has 1 aromatic carbocycles. The summed E-state index contributed by atoms with van der Waals surface area (Å²) in [6, 6.07) is 3.78. The highest BCUT2D eigenvalue weighted by molar-refractivity contribution is 9.10. The highest BCUT2D eigenvalue weighted by Gasteiger charge is 2.12. The average Bonchev–Trinajstić information content (AvgIpc) is 2.04. The van der Waals surface area contributed by atoms with E-state index in [1.54, 1.807) is 0 Å². The lowest BCUT2D eigenvalue weighted by Crippen LogP contribution is -2.19. The Bertz CT molecular complexity index is 314. The zero-order valence-corrected chi connectivity index (χ0v) is 8.02. The molecule has 0 amide bonds. The van der Waals surface area contributed by atoms with Crippen LogP contribution in [0.15, 0.2) is 16.6 Å². The second-order valence-corrected chi connectivity index (χ2v) is 3.56. The summed E-state index contributed by atoms with van der Waals surface area (Å²) < 4.78 is 6.36. The van der Waals surface area contributed by atoms with E-state index in [9.17, 15) is 0 Å². The van der Waals surface area contributed by atoms with Crippen molar-refractivity contribution in [2.45, 2.75) is 0 Å². The Balaban J connectivity index is 2.53. The number of benzene rings is 1. The molecule has 1 aliphatic rings. The number of nitrogens with two attached hydrogens (primary N) is 1. The van der Waals surface area contributed by atoms with E-state index in [0.717, 1.165) is 28.1 Å². The van der Waals surface area contributed by atoms with Crippen LogP contribution in [-0.4, -0.2) is 13.2 Å². The van der Waals surface area contributed by atoms with Crippen LogP contribution in [0.4, 0.5) is 11.4 Å². The van der Waals surface area contributed by atoms with Crippen molar-refractivity contribution in [1.29, 1.82) is 0 Å². The van der Waals surface area contributed by atoms with Gasteiger partial charge in [0.05, 0.1) is 5.69 Å². The lowest BCUT2D eigenvalue weighted by molar-refractivity contribution is 0.323. The van der Waals surface area contributed by atoms with Gasteiger partial charge in [0.1, 0.15) is 18.0 Å². The van der Waals surface area contributed by atoms with Crippen LogP contribution in [0.1, 0.15) is 0 Å². The normalized spacial score (nSPS) is 14.4. The number of anilines is 2. The minimum absolute atomic E-state index is 0.697. The van der Waals surface area contributed by atoms with Gasteiger partial charge in [-0.25, -0.2) is 0 Å². The minimum atomic E-state index is 0.697. The van der Waals surface area contributed by atoms with Crippen LogP contribution in [0.2, 0.25) is 0 Å². The summed E-state index contributed by atoms with van der Waals surface area (Å²) in [5.74, 6) is 0.827. The molecule has 3 nitrogen and oxygen atoms in total. The Morgan fingerprint density at radius 3 is 3.17 bits per heavy atom. The van der Waals surface area contributed by atoms with Crippen molar-refractivity contribution in [3.05, 3.63) is 16.6 Å². The molecule has 64 valence electrons. The van der Waals surface area contributed by atoms with Crippen LogP contribution in [-0.2, 0) is 0 Å². The van der Waals surface area contributed by atoms with Crippen molar-refractivity contribution in [2.24, 2.45) is 0 Å². The van der Waals surface area contributed by atoms with E-state index in [1.807, 2.05) is 12.1 Å². The molecule has 0 saturated heterocycles. The molecule has 4 heteroatoms. The largest absolute Gasteiger partial charge is 0.489 e. The lowest BCUT2D eigenvalue weighted by atomic mass is 10.2. The van der Waals surface area contributed by atoms with E-state index in [1.165, 1.54) is 0 Å². The molecular formula is C8H9BrN2O. The predicted octanol–water partition coefficient (Wildman–Crippen LogP) is 1.84. The van der Waals surface area contributed by atoms with Crippen molar-refractivity contribution >= 4 is 27.3 Å². The molecule has 0 spiro atoms. The molecule has 0 unspecified atom stereocenters. The maximum atomic E-state index is 5.77. The van der Waals surface area contributed by atoms with Crippen LogP contribution in [0, 0.1) is 0 Å². The Labute approximate surface area is 79.0 Å². The zero-order valence-electron chi connectivity index (χ0n) is 6.43. The van der Waals surface area contributed by atoms with Gasteiger partial charge >= 0.3 is 0 Å². The van der Waals surface area contributed by atoms with Gasteiger partial charge in [-0.3, -0.25) is 0 Å². The Morgan fingerprint density at radius 2 is 2.33 bits per heavy atom. The van der Waals surface area contributed by atoms with Crippen LogP contribution >= 0.6 is 15.9 Å². The molecule has 0 fully saturated rings. The average molecular weight is 229 g/mol. The molecule has 1 aliphatic heterocycles. The maximum absolute atomic E-state index is 5.77. The number of hydrogen-bond acceptors (Lipinski definition) is 3. The maximum Gasteiger partial charge on any atom is 0.145 e. The third-order valence-electron chi connectivity index (χ3n) is 1.76. The smallest absolute Gasteiger partial charge is 0.145 e. The summed E-state index contributed by atoms with van der Waals surface area (Å²) in [6.45, 7) is 1.52. The summed E-state index contributed by atoms with van der Waals surface area (Å²) in [4.78, 5) is 0. The Kier molecular flexibility index (Phi) is 1.84. The number of nitrogens with one attached hydrogen (secondary N) is 1. The first-order valence-electron chi connectivity index (χ1n) is 3.73. The predicted molar refractivity (Wildman–Crippen MR) is 52.5 cm³/mol. The summed E-state index contributed by atoms with van der Waals surface area (Å²) in [6.07, 6.45) is 0. The van der Waals surface area contributed by atoms with Gasteiger partial charge in [-0.2, -0.15) is 0 Å². The van der Waals surface area contributed by atoms with Crippen LogP contribution in [0.5, 0.6) is 5.75 Å². The molecule has 0 radical (unpaired) electrons. The van der Waals surface area contributed by atoms with E-state index in [2.05, 4.69) is 21.2 Å². The van der Waals surface area contributed by atoms with Crippen LogP contribution in [0.3, 0.4) is 0 Å². The van der Waals surface area contributed by atoms with E-state index >= 15 is 0 Å². The van der Waals surface area contributed by atoms with E-state index in [4.69, 9.17) is 10.5 Å². The van der Waals surface area contributed by atoms with Gasteiger partial charge in [-0.05, 0) is 12.1 Å². The number of fused-ring (bicyclic) bond motifs is 1. The fourth-order valence-corrected chi connectivity index (χ4v) is 1.70. The zero-order chi connectivity index (χ0) is 8.55. The van der Waals surface area contributed by atoms with Crippen molar-refractivity contribution in [3.8, 4) is 5.75 Å². The topological polar surface area (TPSA) is 47.3 Å². The van der Waals surface area contributed by atoms with Gasteiger partial charge in [0.2, 0.25) is 0 Å². The number of rotatable bonds is 0. The number of ether oxygens (including phenoxy) is 1. The number of halogens is 1. The fourth-order valence-electron chi connectivity index (χ4n) is 1.24. The second kappa shape index (κ2) is 2.86. The van der Waals surface area contributed by atoms with Crippen molar-refractivity contribution in [1.82, 2.24) is 0 Å². The summed E-state index contributed by atoms with van der Waals surface area (Å²) in [5, 5.41) is 3.19. The molecule has 0 aliphatic carbocycles. The summed E-state index contributed by atoms with van der Waals surface area (Å²) >= 11 is 3.35. The molecule has 0 bridgehead atoms. The first-order valence-corrected chi connectivity index (χ1v) is 4.52. The molecule has 0 saturated carbocycles. The molecule has 0 aromatic heterocycles. The van der Waals surface area contributed by atoms with Gasteiger partial charge in [0, 0.05) is 11.0 Å². The Hall–Kier alpha value is -0.900. The molecule has 12 heavy (non-hydrogen) atoms. The molecule has 2 rings (SSSR count). The minimum Gasteiger partial charge on any atom is -0.489 e. The number of hydrogen-bond donors (Lipinski definition) is 2. The van der Waals surface area contributed by atoms with Gasteiger partial charge in [0.15, 0.2) is 0 Å². The van der Waals surface area contributed by atoms with Crippen molar-refractivity contribution in [3.63, 3.8) is 0 Å². The third-order valence-corrected chi connectivity index (χ3v) is 2.22. The van der Waals surface area contributed by atoms with E-state index in [-0.39, 0.29) is 0 Å².